The van der Waals surface area contributed by atoms with Gasteiger partial charge in [-0.25, -0.2) is 4.68 Å². The molecule has 1 atom stereocenters. The number of para-hydroxylation sites is 1. The molecule has 7 heteroatoms. The molecule has 7 nitrogen and oxygen atoms in total. The molecular formula is C21H23N3O4. The highest BCUT2D eigenvalue weighted by molar-refractivity contribution is 5.95. The third-order valence-electron chi connectivity index (χ3n) is 4.39. The molecule has 1 aromatic heterocycles. The Balaban J connectivity index is 1.84. The van der Waals surface area contributed by atoms with Gasteiger partial charge in [-0.15, -0.1) is 0 Å². The Labute approximate surface area is 163 Å². The zero-order valence-electron chi connectivity index (χ0n) is 16.3. The van der Waals surface area contributed by atoms with Crippen LogP contribution in [0.5, 0.6) is 17.2 Å². The molecule has 0 radical (unpaired) electrons. The lowest BCUT2D eigenvalue weighted by Gasteiger charge is -2.17. The van der Waals surface area contributed by atoms with E-state index in [1.807, 2.05) is 49.4 Å². The van der Waals surface area contributed by atoms with Gasteiger partial charge in [0.05, 0.1) is 39.3 Å². The monoisotopic (exact) mass is 381 g/mol. The molecule has 1 unspecified atom stereocenters. The van der Waals surface area contributed by atoms with E-state index < -0.39 is 0 Å². The summed E-state index contributed by atoms with van der Waals surface area (Å²) < 4.78 is 17.6. The van der Waals surface area contributed by atoms with Crippen LogP contribution >= 0.6 is 0 Å². The predicted molar refractivity (Wildman–Crippen MR) is 106 cm³/mol. The van der Waals surface area contributed by atoms with Gasteiger partial charge in [-0.3, -0.25) is 4.79 Å². The van der Waals surface area contributed by atoms with Gasteiger partial charge >= 0.3 is 0 Å². The molecule has 3 rings (SSSR count). The van der Waals surface area contributed by atoms with Crippen LogP contribution in [0.1, 0.15) is 29.0 Å². The van der Waals surface area contributed by atoms with Crippen molar-refractivity contribution in [3.63, 3.8) is 0 Å². The molecule has 0 aliphatic rings. The summed E-state index contributed by atoms with van der Waals surface area (Å²) in [7, 11) is 4.69. The molecule has 146 valence electrons. The van der Waals surface area contributed by atoms with Gasteiger partial charge in [-0.05, 0) is 31.2 Å². The van der Waals surface area contributed by atoms with E-state index in [2.05, 4.69) is 10.4 Å². The number of amides is 1. The van der Waals surface area contributed by atoms with E-state index in [0.29, 0.717) is 17.2 Å². The second-order valence-electron chi connectivity index (χ2n) is 6.13. The number of carbonyl (C=O) groups excluding carboxylic acids is 1. The summed E-state index contributed by atoms with van der Waals surface area (Å²) in [6.45, 7) is 1.88. The first-order valence-corrected chi connectivity index (χ1v) is 8.79. The van der Waals surface area contributed by atoms with Crippen molar-refractivity contribution in [3.8, 4) is 22.9 Å². The first-order chi connectivity index (χ1) is 13.6. The van der Waals surface area contributed by atoms with Crippen LogP contribution in [0.3, 0.4) is 0 Å². The Morgan fingerprint density at radius 2 is 1.71 bits per heavy atom. The average Bonchev–Trinajstić information content (AvgIpc) is 3.18. The summed E-state index contributed by atoms with van der Waals surface area (Å²) in [6.07, 6.45) is 1.68. The van der Waals surface area contributed by atoms with Crippen molar-refractivity contribution >= 4 is 5.91 Å². The lowest BCUT2D eigenvalue weighted by Crippen LogP contribution is -2.27. The number of aromatic nitrogens is 2. The molecular weight excluding hydrogens is 358 g/mol. The van der Waals surface area contributed by atoms with Crippen LogP contribution in [-0.4, -0.2) is 37.0 Å². The molecule has 0 bridgehead atoms. The van der Waals surface area contributed by atoms with Crippen molar-refractivity contribution in [1.82, 2.24) is 15.1 Å². The number of nitrogens with zero attached hydrogens (tertiary/aromatic N) is 2. The smallest absolute Gasteiger partial charge is 0.276 e. The van der Waals surface area contributed by atoms with Crippen molar-refractivity contribution in [1.29, 1.82) is 0 Å². The third kappa shape index (κ3) is 3.93. The van der Waals surface area contributed by atoms with Gasteiger partial charge in [0.1, 0.15) is 11.5 Å². The van der Waals surface area contributed by atoms with Gasteiger partial charge in [-0.1, -0.05) is 18.2 Å². The van der Waals surface area contributed by atoms with E-state index in [1.54, 1.807) is 31.2 Å². The molecule has 0 saturated heterocycles. The molecule has 0 aliphatic carbocycles. The number of rotatable bonds is 7. The summed E-state index contributed by atoms with van der Waals surface area (Å²) >= 11 is 0. The maximum Gasteiger partial charge on any atom is 0.276 e. The molecule has 1 amide bonds. The Morgan fingerprint density at radius 3 is 2.36 bits per heavy atom. The second kappa shape index (κ2) is 8.47. The van der Waals surface area contributed by atoms with Crippen molar-refractivity contribution in [2.24, 2.45) is 0 Å². The summed E-state index contributed by atoms with van der Waals surface area (Å²) in [5, 5.41) is 7.34. The molecule has 0 aliphatic heterocycles. The number of carbonyl (C=O) groups is 1. The van der Waals surface area contributed by atoms with Crippen molar-refractivity contribution in [2.75, 3.05) is 21.3 Å². The normalized spacial score (nSPS) is 11.6. The topological polar surface area (TPSA) is 74.6 Å². The minimum absolute atomic E-state index is 0.214. The van der Waals surface area contributed by atoms with Gasteiger partial charge in [0.2, 0.25) is 0 Å². The number of benzene rings is 2. The molecule has 3 aromatic rings. The highest BCUT2D eigenvalue weighted by atomic mass is 16.5. The molecule has 2 aromatic carbocycles. The van der Waals surface area contributed by atoms with E-state index >= 15 is 0 Å². The number of hydrogen-bond acceptors (Lipinski definition) is 5. The fraction of sp³-hybridized carbons (Fsp3) is 0.238. The van der Waals surface area contributed by atoms with Crippen LogP contribution < -0.4 is 19.5 Å². The van der Waals surface area contributed by atoms with Gasteiger partial charge in [0, 0.05) is 11.6 Å². The van der Waals surface area contributed by atoms with Crippen molar-refractivity contribution < 1.29 is 19.0 Å². The second-order valence-corrected chi connectivity index (χ2v) is 6.13. The Kier molecular flexibility index (Phi) is 5.84. The van der Waals surface area contributed by atoms with Gasteiger partial charge in [0.15, 0.2) is 11.4 Å². The van der Waals surface area contributed by atoms with Crippen LogP contribution in [0.15, 0.2) is 54.7 Å². The Morgan fingerprint density at radius 1 is 1.00 bits per heavy atom. The van der Waals surface area contributed by atoms with Crippen LogP contribution in [0.4, 0.5) is 0 Å². The lowest BCUT2D eigenvalue weighted by molar-refractivity contribution is 0.0931. The maximum atomic E-state index is 12.8. The van der Waals surface area contributed by atoms with Gasteiger partial charge in [-0.2, -0.15) is 5.10 Å². The molecule has 1 heterocycles. The minimum Gasteiger partial charge on any atom is -0.497 e. The summed E-state index contributed by atoms with van der Waals surface area (Å²) in [5.41, 5.74) is 1.88. The number of methoxy groups -OCH3 is 3. The largest absolute Gasteiger partial charge is 0.497 e. The first-order valence-electron chi connectivity index (χ1n) is 8.79. The number of hydrogen-bond donors (Lipinski definition) is 1. The predicted octanol–water partition coefficient (Wildman–Crippen LogP) is 3.39. The highest BCUT2D eigenvalue weighted by Gasteiger charge is 2.22. The highest BCUT2D eigenvalue weighted by Crippen LogP contribution is 2.30. The van der Waals surface area contributed by atoms with E-state index in [9.17, 15) is 4.79 Å². The number of ether oxygens (including phenoxy) is 3. The zero-order chi connectivity index (χ0) is 20.1. The fourth-order valence-corrected chi connectivity index (χ4v) is 2.90. The molecule has 1 N–H and O–H groups in total. The van der Waals surface area contributed by atoms with E-state index in [0.717, 1.165) is 11.3 Å². The SMILES string of the molecule is COc1ccc(C(C)NC(=O)c2nn(-c3ccccc3)cc2OC)c(OC)c1. The maximum absolute atomic E-state index is 12.8. The van der Waals surface area contributed by atoms with E-state index in [1.165, 1.54) is 7.11 Å². The Hall–Kier alpha value is -3.48. The van der Waals surface area contributed by atoms with Crippen LogP contribution in [0.25, 0.3) is 5.69 Å². The zero-order valence-corrected chi connectivity index (χ0v) is 16.3. The van der Waals surface area contributed by atoms with Crippen molar-refractivity contribution in [2.45, 2.75) is 13.0 Å². The molecule has 0 spiro atoms. The quantitative estimate of drug-likeness (QED) is 0.679. The van der Waals surface area contributed by atoms with Crippen LogP contribution in [-0.2, 0) is 0 Å². The molecule has 0 fully saturated rings. The standard InChI is InChI=1S/C21H23N3O4/c1-14(17-11-10-16(26-2)12-18(17)27-3)22-21(25)20-19(28-4)13-24(23-20)15-8-6-5-7-9-15/h5-14H,1-4H3,(H,22,25). The minimum atomic E-state index is -0.336. The molecule has 28 heavy (non-hydrogen) atoms. The fourth-order valence-electron chi connectivity index (χ4n) is 2.90. The van der Waals surface area contributed by atoms with Crippen LogP contribution in [0, 0.1) is 0 Å². The van der Waals surface area contributed by atoms with Gasteiger partial charge < -0.3 is 19.5 Å². The first kappa shape index (κ1) is 19.3. The van der Waals surface area contributed by atoms with Crippen LogP contribution in [0.2, 0.25) is 0 Å². The Bertz CT molecular complexity index is 954. The molecule has 0 saturated carbocycles. The summed E-state index contributed by atoms with van der Waals surface area (Å²) in [6, 6.07) is 14.7. The van der Waals surface area contributed by atoms with Gasteiger partial charge in [0.25, 0.3) is 5.91 Å². The average molecular weight is 381 g/mol. The number of nitrogens with one attached hydrogen (secondary N) is 1. The van der Waals surface area contributed by atoms with E-state index in [4.69, 9.17) is 14.2 Å². The summed E-state index contributed by atoms with van der Waals surface area (Å²) in [4.78, 5) is 12.8. The summed E-state index contributed by atoms with van der Waals surface area (Å²) in [5.74, 6) is 1.38. The third-order valence-corrected chi connectivity index (χ3v) is 4.39. The van der Waals surface area contributed by atoms with E-state index in [-0.39, 0.29) is 17.6 Å². The lowest BCUT2D eigenvalue weighted by atomic mass is 10.1. The van der Waals surface area contributed by atoms with Crippen molar-refractivity contribution in [3.05, 3.63) is 66.0 Å².